The van der Waals surface area contributed by atoms with E-state index in [-0.39, 0.29) is 29.1 Å². The highest BCUT2D eigenvalue weighted by molar-refractivity contribution is 7.12. The molecule has 2 saturated carbocycles. The summed E-state index contributed by atoms with van der Waals surface area (Å²) in [4.78, 5) is 28.7. The lowest BCUT2D eigenvalue weighted by molar-refractivity contribution is -0.158. The van der Waals surface area contributed by atoms with Crippen LogP contribution < -0.4 is 0 Å². The highest BCUT2D eigenvalue weighted by Gasteiger charge is 2.48. The topological polar surface area (TPSA) is 63.6 Å². The summed E-state index contributed by atoms with van der Waals surface area (Å²) in [6, 6.07) is 11.6. The van der Waals surface area contributed by atoms with E-state index in [4.69, 9.17) is 16.3 Å². The Labute approximate surface area is 197 Å². The fourth-order valence-electron chi connectivity index (χ4n) is 4.86. The fourth-order valence-corrected chi connectivity index (χ4v) is 6.07. The largest absolute Gasteiger partial charge is 0.504 e. The molecule has 0 radical (unpaired) electrons. The van der Waals surface area contributed by atoms with Gasteiger partial charge in [-0.1, -0.05) is 36.6 Å². The van der Waals surface area contributed by atoms with E-state index >= 15 is 0 Å². The van der Waals surface area contributed by atoms with E-state index in [2.05, 4.69) is 0 Å². The van der Waals surface area contributed by atoms with Crippen molar-refractivity contribution >= 4 is 34.7 Å². The van der Waals surface area contributed by atoms with Crippen molar-refractivity contribution in [1.82, 2.24) is 0 Å². The summed E-state index contributed by atoms with van der Waals surface area (Å²) < 4.78 is 5.83. The molecule has 5 rings (SSSR count). The van der Waals surface area contributed by atoms with Gasteiger partial charge >= 0.3 is 5.97 Å². The maximum Gasteiger partial charge on any atom is 0.339 e. The zero-order chi connectivity index (χ0) is 22.4. The van der Waals surface area contributed by atoms with Crippen LogP contribution >= 0.6 is 22.9 Å². The minimum Gasteiger partial charge on any atom is -0.504 e. The molecule has 6 heteroatoms. The van der Waals surface area contributed by atoms with Crippen LogP contribution in [-0.4, -0.2) is 23.0 Å². The number of halogens is 1. The Bertz CT molecular complexity index is 1060. The third-order valence-corrected chi connectivity index (χ3v) is 8.18. The number of ether oxygens (including phenoxy) is 1. The second-order valence-corrected chi connectivity index (χ2v) is 11.2. The Morgan fingerprint density at radius 1 is 1.09 bits per heavy atom. The standard InChI is InChI=1S/C26H27ClO4S/c1-14-2-11-20(32-14)21(17-7-8-17)22-23(28)24(29)25(31-26(22)30)18(12-15-3-4-15)13-16-5-9-19(27)10-6-16/h2,5-6,9-11,15,17-18,21,25,28H,3-4,7-8,12-13H2,1H3. The number of aryl methyl sites for hydroxylation is 1. The Morgan fingerprint density at radius 3 is 2.41 bits per heavy atom. The number of thiophene rings is 1. The van der Waals surface area contributed by atoms with Crippen molar-refractivity contribution in [2.75, 3.05) is 0 Å². The van der Waals surface area contributed by atoms with Crippen LogP contribution in [0.3, 0.4) is 0 Å². The number of ketones is 1. The van der Waals surface area contributed by atoms with Crippen LogP contribution in [0.1, 0.15) is 53.3 Å². The number of rotatable bonds is 8. The lowest BCUT2D eigenvalue weighted by Crippen LogP contribution is -2.43. The Kier molecular flexibility index (Phi) is 5.89. The predicted octanol–water partition coefficient (Wildman–Crippen LogP) is 6.17. The number of Topliss-reactive ketones (excluding diaryl/α,β-unsaturated/α-hetero) is 1. The van der Waals surface area contributed by atoms with Crippen LogP contribution in [0.5, 0.6) is 0 Å². The molecular formula is C26H27ClO4S. The molecule has 1 N–H and O–H groups in total. The van der Waals surface area contributed by atoms with Gasteiger partial charge in [-0.3, -0.25) is 4.79 Å². The van der Waals surface area contributed by atoms with Gasteiger partial charge in [-0.2, -0.15) is 0 Å². The van der Waals surface area contributed by atoms with Crippen molar-refractivity contribution in [2.45, 2.75) is 57.5 Å². The van der Waals surface area contributed by atoms with Gasteiger partial charge in [0.05, 0.1) is 5.57 Å². The van der Waals surface area contributed by atoms with E-state index in [0.29, 0.717) is 17.4 Å². The summed E-state index contributed by atoms with van der Waals surface area (Å²) in [6.45, 7) is 2.02. The van der Waals surface area contributed by atoms with E-state index in [9.17, 15) is 14.7 Å². The lowest BCUT2D eigenvalue weighted by atomic mass is 9.82. The molecule has 0 bridgehead atoms. The van der Waals surface area contributed by atoms with Crippen molar-refractivity contribution in [3.63, 3.8) is 0 Å². The smallest absolute Gasteiger partial charge is 0.339 e. The lowest BCUT2D eigenvalue weighted by Gasteiger charge is -2.32. The predicted molar refractivity (Wildman–Crippen MR) is 125 cm³/mol. The molecule has 4 nitrogen and oxygen atoms in total. The number of carbonyl (C=O) groups is 2. The summed E-state index contributed by atoms with van der Waals surface area (Å²) in [7, 11) is 0. The molecule has 1 aromatic carbocycles. The van der Waals surface area contributed by atoms with E-state index in [1.807, 2.05) is 43.3 Å². The average molecular weight is 471 g/mol. The molecule has 3 atom stereocenters. The molecule has 2 aliphatic carbocycles. The molecule has 0 saturated heterocycles. The molecule has 32 heavy (non-hydrogen) atoms. The van der Waals surface area contributed by atoms with Gasteiger partial charge in [-0.05, 0) is 74.3 Å². The Balaban J connectivity index is 1.44. The van der Waals surface area contributed by atoms with E-state index in [1.54, 1.807) is 11.3 Å². The minimum absolute atomic E-state index is 0.160. The summed E-state index contributed by atoms with van der Waals surface area (Å²) in [5.41, 5.74) is 1.20. The second kappa shape index (κ2) is 8.68. The van der Waals surface area contributed by atoms with E-state index in [1.165, 1.54) is 0 Å². The number of carbonyl (C=O) groups excluding carboxylic acids is 2. The zero-order valence-electron chi connectivity index (χ0n) is 18.1. The molecule has 3 aliphatic rings. The van der Waals surface area contributed by atoms with Crippen LogP contribution in [0.15, 0.2) is 47.7 Å². The molecule has 3 unspecified atom stereocenters. The normalized spacial score (nSPS) is 23.2. The third-order valence-electron chi connectivity index (χ3n) is 6.85. The maximum absolute atomic E-state index is 13.4. The monoisotopic (exact) mass is 470 g/mol. The van der Waals surface area contributed by atoms with E-state index < -0.39 is 17.9 Å². The first-order valence-electron chi connectivity index (χ1n) is 11.4. The molecule has 0 amide bonds. The summed E-state index contributed by atoms with van der Waals surface area (Å²) in [6.07, 6.45) is 4.74. The van der Waals surface area contributed by atoms with Crippen LogP contribution in [0, 0.1) is 24.7 Å². The van der Waals surface area contributed by atoms with Gasteiger partial charge in [0.1, 0.15) is 0 Å². The highest BCUT2D eigenvalue weighted by atomic mass is 35.5. The zero-order valence-corrected chi connectivity index (χ0v) is 19.6. The number of aliphatic hydroxyl groups is 1. The molecule has 0 spiro atoms. The number of benzene rings is 1. The number of hydrogen-bond donors (Lipinski definition) is 1. The number of esters is 1. The van der Waals surface area contributed by atoms with Gasteiger partial charge in [-0.25, -0.2) is 4.79 Å². The summed E-state index contributed by atoms with van der Waals surface area (Å²) >= 11 is 7.63. The first-order chi connectivity index (χ1) is 15.4. The van der Waals surface area contributed by atoms with Gasteiger partial charge in [0.15, 0.2) is 11.9 Å². The van der Waals surface area contributed by atoms with E-state index in [0.717, 1.165) is 47.4 Å². The molecule has 2 heterocycles. The first-order valence-corrected chi connectivity index (χ1v) is 12.6. The average Bonchev–Trinajstić information content (AvgIpc) is 3.69. The quantitative estimate of drug-likeness (QED) is 0.468. The van der Waals surface area contributed by atoms with Gasteiger partial charge in [-0.15, -0.1) is 11.3 Å². The molecular weight excluding hydrogens is 444 g/mol. The molecule has 168 valence electrons. The van der Waals surface area contributed by atoms with Gasteiger partial charge in [0.25, 0.3) is 0 Å². The SMILES string of the molecule is Cc1ccc(C(C2=C(O)C(=O)C(C(Cc3ccc(Cl)cc3)CC3CC3)OC2=O)C2CC2)s1. The molecule has 2 fully saturated rings. The second-order valence-electron chi connectivity index (χ2n) is 9.49. The van der Waals surface area contributed by atoms with Gasteiger partial charge in [0.2, 0.25) is 5.78 Å². The van der Waals surface area contributed by atoms with Crippen molar-refractivity contribution in [2.24, 2.45) is 17.8 Å². The summed E-state index contributed by atoms with van der Waals surface area (Å²) in [5, 5.41) is 11.7. The van der Waals surface area contributed by atoms with Crippen LogP contribution in [0.25, 0.3) is 0 Å². The van der Waals surface area contributed by atoms with Crippen molar-refractivity contribution < 1.29 is 19.4 Å². The number of cyclic esters (lactones) is 1. The van der Waals surface area contributed by atoms with Crippen molar-refractivity contribution in [3.05, 3.63) is 68.1 Å². The molecule has 2 aromatic rings. The Morgan fingerprint density at radius 2 is 1.81 bits per heavy atom. The molecule has 1 aliphatic heterocycles. The van der Waals surface area contributed by atoms with Crippen LogP contribution in [0.4, 0.5) is 0 Å². The number of hydrogen-bond acceptors (Lipinski definition) is 5. The summed E-state index contributed by atoms with van der Waals surface area (Å²) in [5.74, 6) is -0.953. The first kappa shape index (κ1) is 21.7. The van der Waals surface area contributed by atoms with Gasteiger partial charge in [0, 0.05) is 26.6 Å². The van der Waals surface area contributed by atoms with Crippen LogP contribution in [0.2, 0.25) is 5.02 Å². The molecule has 1 aromatic heterocycles. The van der Waals surface area contributed by atoms with Crippen molar-refractivity contribution in [3.8, 4) is 0 Å². The van der Waals surface area contributed by atoms with Gasteiger partial charge < -0.3 is 9.84 Å². The maximum atomic E-state index is 13.4. The highest BCUT2D eigenvalue weighted by Crippen LogP contribution is 2.50. The minimum atomic E-state index is -0.938. The fraction of sp³-hybridized carbons (Fsp3) is 0.462. The van der Waals surface area contributed by atoms with Crippen molar-refractivity contribution in [1.29, 1.82) is 0 Å². The van der Waals surface area contributed by atoms with Crippen LogP contribution in [-0.2, 0) is 20.7 Å². The number of aliphatic hydroxyl groups excluding tert-OH is 1. The Hall–Kier alpha value is -2.11. The third kappa shape index (κ3) is 4.51.